The van der Waals surface area contributed by atoms with Crippen LogP contribution in [0.1, 0.15) is 43.7 Å². The van der Waals surface area contributed by atoms with Crippen LogP contribution in [0.25, 0.3) is 0 Å². The van der Waals surface area contributed by atoms with Crippen molar-refractivity contribution in [2.24, 2.45) is 5.92 Å². The van der Waals surface area contributed by atoms with Crippen molar-refractivity contribution in [2.45, 2.75) is 56.9 Å². The van der Waals surface area contributed by atoms with Crippen molar-refractivity contribution >= 4 is 26.0 Å². The van der Waals surface area contributed by atoms with E-state index in [1.165, 1.54) is 0 Å². The number of alkyl halides is 1. The monoisotopic (exact) mass is 373 g/mol. The Hall–Kier alpha value is -0.390. The largest absolute Gasteiger partial charge is 0.241 e. The fourth-order valence-corrected chi connectivity index (χ4v) is 5.59. The summed E-state index contributed by atoms with van der Waals surface area (Å²) in [6, 6.07) is 5.48. The maximum absolute atomic E-state index is 12.7. The highest BCUT2D eigenvalue weighted by Crippen LogP contribution is 2.34. The molecule has 0 amide bonds. The summed E-state index contributed by atoms with van der Waals surface area (Å²) < 4.78 is 28.5. The van der Waals surface area contributed by atoms with E-state index in [9.17, 15) is 8.42 Å². The quantitative estimate of drug-likeness (QED) is 0.812. The van der Waals surface area contributed by atoms with Gasteiger partial charge < -0.3 is 0 Å². The smallest absolute Gasteiger partial charge is 0.207 e. The van der Waals surface area contributed by atoms with E-state index in [4.69, 9.17) is 0 Å². The van der Waals surface area contributed by atoms with Crippen molar-refractivity contribution in [1.82, 2.24) is 4.72 Å². The Morgan fingerprint density at radius 3 is 2.43 bits per heavy atom. The molecule has 1 aliphatic carbocycles. The van der Waals surface area contributed by atoms with Crippen LogP contribution in [0.5, 0.6) is 0 Å². The zero-order valence-electron chi connectivity index (χ0n) is 12.9. The van der Waals surface area contributed by atoms with Crippen molar-refractivity contribution in [1.29, 1.82) is 0 Å². The van der Waals surface area contributed by atoms with Crippen molar-refractivity contribution in [3.8, 4) is 0 Å². The third-order valence-electron chi connectivity index (χ3n) is 4.46. The molecule has 3 nitrogen and oxygen atoms in total. The summed E-state index contributed by atoms with van der Waals surface area (Å²) in [6.07, 6.45) is 3.93. The van der Waals surface area contributed by atoms with Gasteiger partial charge in [-0.1, -0.05) is 40.5 Å². The van der Waals surface area contributed by atoms with E-state index < -0.39 is 10.0 Å². The molecule has 1 aromatic rings. The lowest BCUT2D eigenvalue weighted by molar-refractivity contribution is 0.250. The van der Waals surface area contributed by atoms with Gasteiger partial charge in [-0.3, -0.25) is 0 Å². The molecule has 0 heterocycles. The van der Waals surface area contributed by atoms with Crippen LogP contribution in [0.15, 0.2) is 23.1 Å². The Kier molecular flexibility index (Phi) is 5.16. The lowest BCUT2D eigenvalue weighted by Crippen LogP contribution is -2.51. The van der Waals surface area contributed by atoms with Crippen LogP contribution < -0.4 is 4.72 Å². The summed E-state index contributed by atoms with van der Waals surface area (Å²) in [6.45, 7) is 6.06. The second kappa shape index (κ2) is 6.39. The highest BCUT2D eigenvalue weighted by atomic mass is 79.9. The molecule has 118 valence electrons. The van der Waals surface area contributed by atoms with E-state index in [0.29, 0.717) is 16.1 Å². The molecule has 2 rings (SSSR count). The predicted molar refractivity (Wildman–Crippen MR) is 90.4 cm³/mol. The summed E-state index contributed by atoms with van der Waals surface area (Å²) in [5, 5.41) is 0.664. The highest BCUT2D eigenvalue weighted by Gasteiger charge is 2.37. The van der Waals surface area contributed by atoms with Crippen molar-refractivity contribution in [3.05, 3.63) is 29.3 Å². The molecular weight excluding hydrogens is 350 g/mol. The fraction of sp³-hybridized carbons (Fsp3) is 0.625. The van der Waals surface area contributed by atoms with Crippen molar-refractivity contribution < 1.29 is 8.42 Å². The predicted octanol–water partition coefficient (Wildman–Crippen LogP) is 3.93. The number of hydrogen-bond acceptors (Lipinski definition) is 2. The summed E-state index contributed by atoms with van der Waals surface area (Å²) in [7, 11) is -3.48. The minimum atomic E-state index is -3.48. The Bertz CT molecular complexity index is 605. The van der Waals surface area contributed by atoms with Crippen molar-refractivity contribution in [2.75, 3.05) is 5.33 Å². The van der Waals surface area contributed by atoms with Crippen LogP contribution >= 0.6 is 15.9 Å². The molecule has 0 unspecified atom stereocenters. The van der Waals surface area contributed by atoms with Gasteiger partial charge >= 0.3 is 0 Å². The van der Waals surface area contributed by atoms with E-state index in [-0.39, 0.29) is 5.54 Å². The molecule has 0 saturated heterocycles. The lowest BCUT2D eigenvalue weighted by atomic mass is 9.79. The molecule has 1 N–H and O–H groups in total. The first-order valence-corrected chi connectivity index (χ1v) is 10.1. The number of sulfonamides is 1. The number of halogens is 1. The lowest BCUT2D eigenvalue weighted by Gasteiger charge is -2.38. The van der Waals surface area contributed by atoms with Crippen molar-refractivity contribution in [3.63, 3.8) is 0 Å². The molecule has 0 radical (unpaired) electrons. The van der Waals surface area contributed by atoms with Gasteiger partial charge in [0.1, 0.15) is 0 Å². The van der Waals surface area contributed by atoms with Gasteiger partial charge in [0.15, 0.2) is 0 Å². The van der Waals surface area contributed by atoms with E-state index in [0.717, 1.165) is 36.8 Å². The number of rotatable bonds is 4. The minimum absolute atomic E-state index is 0.345. The Balaban J connectivity index is 2.27. The maximum atomic E-state index is 12.7. The average molecular weight is 374 g/mol. The Labute approximate surface area is 136 Å². The highest BCUT2D eigenvalue weighted by molar-refractivity contribution is 9.09. The molecule has 0 aliphatic heterocycles. The SMILES string of the molecule is Cc1ccc(S(=O)(=O)NC2(CBr)CCC(C)CC2)c(C)c1. The molecule has 5 heteroatoms. The molecule has 0 bridgehead atoms. The molecule has 0 spiro atoms. The van der Waals surface area contributed by atoms with Crippen LogP contribution in [0, 0.1) is 19.8 Å². The van der Waals surface area contributed by atoms with Crippen LogP contribution in [0.2, 0.25) is 0 Å². The van der Waals surface area contributed by atoms with Gasteiger partial charge in [-0.05, 0) is 57.1 Å². The second-order valence-electron chi connectivity index (χ2n) is 6.47. The molecule has 0 atom stereocenters. The Morgan fingerprint density at radius 2 is 1.90 bits per heavy atom. The summed E-state index contributed by atoms with van der Waals surface area (Å²) in [4.78, 5) is 0.395. The molecule has 21 heavy (non-hydrogen) atoms. The third kappa shape index (κ3) is 3.88. The third-order valence-corrected chi connectivity index (χ3v) is 7.27. The first-order chi connectivity index (χ1) is 9.78. The number of nitrogens with one attached hydrogen (secondary N) is 1. The number of aryl methyl sites for hydroxylation is 2. The van der Waals surface area contributed by atoms with Crippen LogP contribution in [-0.4, -0.2) is 19.3 Å². The maximum Gasteiger partial charge on any atom is 0.241 e. The van der Waals surface area contributed by atoms with Crippen LogP contribution in [0.3, 0.4) is 0 Å². The van der Waals surface area contributed by atoms with Gasteiger partial charge in [-0.15, -0.1) is 0 Å². The average Bonchev–Trinajstić information content (AvgIpc) is 2.41. The van der Waals surface area contributed by atoms with Gasteiger partial charge in [0, 0.05) is 10.9 Å². The summed E-state index contributed by atoms with van der Waals surface area (Å²) in [5.74, 6) is 0.683. The van der Waals surface area contributed by atoms with E-state index in [2.05, 4.69) is 27.6 Å². The van der Waals surface area contributed by atoms with E-state index in [1.54, 1.807) is 6.07 Å². The van der Waals surface area contributed by atoms with Gasteiger partial charge in [0.2, 0.25) is 10.0 Å². The van der Waals surface area contributed by atoms with Crippen LogP contribution in [0.4, 0.5) is 0 Å². The molecule has 1 aromatic carbocycles. The minimum Gasteiger partial charge on any atom is -0.207 e. The first-order valence-electron chi connectivity index (χ1n) is 7.45. The van der Waals surface area contributed by atoms with E-state index in [1.807, 2.05) is 26.0 Å². The number of benzene rings is 1. The zero-order valence-corrected chi connectivity index (χ0v) is 15.4. The second-order valence-corrected chi connectivity index (χ2v) is 8.68. The van der Waals surface area contributed by atoms with E-state index >= 15 is 0 Å². The topological polar surface area (TPSA) is 46.2 Å². The molecule has 1 aliphatic rings. The normalized spacial score (nSPS) is 26.8. The molecule has 0 aromatic heterocycles. The number of hydrogen-bond donors (Lipinski definition) is 1. The zero-order chi connectivity index (χ0) is 15.7. The van der Waals surface area contributed by atoms with Gasteiger partial charge in [0.05, 0.1) is 4.90 Å². The Morgan fingerprint density at radius 1 is 1.29 bits per heavy atom. The van der Waals surface area contributed by atoms with Gasteiger partial charge in [-0.25, -0.2) is 13.1 Å². The first kappa shape index (κ1) is 17.0. The summed E-state index contributed by atoms with van der Waals surface area (Å²) in [5.41, 5.74) is 1.53. The molecular formula is C16H24BrNO2S. The standard InChI is InChI=1S/C16H24BrNO2S/c1-12-6-8-16(11-17,9-7-12)18-21(19,20)15-5-4-13(2)10-14(15)3/h4-5,10,12,18H,6-9,11H2,1-3H3. The fourth-order valence-electron chi connectivity index (χ4n) is 3.02. The van der Waals surface area contributed by atoms with Gasteiger partial charge in [0.25, 0.3) is 0 Å². The molecule has 1 saturated carbocycles. The molecule has 1 fully saturated rings. The van der Waals surface area contributed by atoms with Crippen LogP contribution in [-0.2, 0) is 10.0 Å². The van der Waals surface area contributed by atoms with Gasteiger partial charge in [-0.2, -0.15) is 0 Å². The summed E-state index contributed by atoms with van der Waals surface area (Å²) >= 11 is 3.52.